The van der Waals surface area contributed by atoms with Gasteiger partial charge in [0.2, 0.25) is 0 Å². The van der Waals surface area contributed by atoms with Crippen LogP contribution >= 0.6 is 0 Å². The van der Waals surface area contributed by atoms with Gasteiger partial charge in [0.15, 0.2) is 0 Å². The van der Waals surface area contributed by atoms with Gasteiger partial charge in [-0.15, -0.1) is 0 Å². The SMILES string of the molecule is Cc1cc(/C=C/C(=O)O)c2cc(OCC(C)C)ccc2n1. The minimum atomic E-state index is -0.968. The normalized spacial score (nSPS) is 11.4. The second kappa shape index (κ2) is 6.39. The molecule has 0 atom stereocenters. The number of benzene rings is 1. The number of hydrogen-bond donors (Lipinski definition) is 1. The van der Waals surface area contributed by atoms with E-state index in [0.717, 1.165) is 34.0 Å². The van der Waals surface area contributed by atoms with Crippen LogP contribution in [-0.4, -0.2) is 22.7 Å². The molecule has 2 rings (SSSR count). The Bertz CT molecular complexity index is 690. The van der Waals surface area contributed by atoms with Crippen LogP contribution in [0.2, 0.25) is 0 Å². The summed E-state index contributed by atoms with van der Waals surface area (Å²) in [5.41, 5.74) is 2.51. The Morgan fingerprint density at radius 1 is 1.38 bits per heavy atom. The number of aromatic nitrogens is 1. The molecule has 0 aliphatic rings. The number of aliphatic carboxylic acids is 1. The molecule has 0 bridgehead atoms. The van der Waals surface area contributed by atoms with Crippen molar-refractivity contribution in [1.29, 1.82) is 0 Å². The van der Waals surface area contributed by atoms with Gasteiger partial charge in [0.1, 0.15) is 5.75 Å². The highest BCUT2D eigenvalue weighted by Gasteiger charge is 2.05. The van der Waals surface area contributed by atoms with Gasteiger partial charge in [-0.25, -0.2) is 4.79 Å². The highest BCUT2D eigenvalue weighted by Crippen LogP contribution is 2.25. The maximum absolute atomic E-state index is 10.7. The van der Waals surface area contributed by atoms with Crippen molar-refractivity contribution >= 4 is 22.9 Å². The van der Waals surface area contributed by atoms with E-state index in [0.29, 0.717) is 12.5 Å². The van der Waals surface area contributed by atoms with Gasteiger partial charge in [0.05, 0.1) is 12.1 Å². The van der Waals surface area contributed by atoms with Crippen LogP contribution in [0.1, 0.15) is 25.1 Å². The van der Waals surface area contributed by atoms with E-state index in [-0.39, 0.29) is 0 Å². The number of carbonyl (C=O) groups is 1. The van der Waals surface area contributed by atoms with Crippen LogP contribution in [-0.2, 0) is 4.79 Å². The molecule has 1 heterocycles. The number of ether oxygens (including phenoxy) is 1. The minimum Gasteiger partial charge on any atom is -0.493 e. The van der Waals surface area contributed by atoms with Crippen LogP contribution in [0.25, 0.3) is 17.0 Å². The summed E-state index contributed by atoms with van der Waals surface area (Å²) in [5.74, 6) is 0.250. The molecule has 21 heavy (non-hydrogen) atoms. The first kappa shape index (κ1) is 15.0. The number of pyridine rings is 1. The van der Waals surface area contributed by atoms with E-state index in [2.05, 4.69) is 18.8 Å². The number of rotatable bonds is 5. The lowest BCUT2D eigenvalue weighted by atomic mass is 10.1. The van der Waals surface area contributed by atoms with Gasteiger partial charge in [0.25, 0.3) is 0 Å². The van der Waals surface area contributed by atoms with E-state index in [9.17, 15) is 4.79 Å². The summed E-state index contributed by atoms with van der Waals surface area (Å²) in [5, 5.41) is 9.68. The van der Waals surface area contributed by atoms with Crippen molar-refractivity contribution in [2.75, 3.05) is 6.61 Å². The highest BCUT2D eigenvalue weighted by molar-refractivity contribution is 5.93. The number of fused-ring (bicyclic) bond motifs is 1. The van der Waals surface area contributed by atoms with Gasteiger partial charge < -0.3 is 9.84 Å². The third-order valence-electron chi connectivity index (χ3n) is 2.93. The van der Waals surface area contributed by atoms with Crippen molar-refractivity contribution in [2.45, 2.75) is 20.8 Å². The van der Waals surface area contributed by atoms with E-state index in [1.807, 2.05) is 31.2 Å². The molecular formula is C17H19NO3. The summed E-state index contributed by atoms with van der Waals surface area (Å²) >= 11 is 0. The van der Waals surface area contributed by atoms with E-state index >= 15 is 0 Å². The third kappa shape index (κ3) is 4.05. The molecule has 0 spiro atoms. The zero-order valence-corrected chi connectivity index (χ0v) is 12.5. The van der Waals surface area contributed by atoms with Crippen molar-refractivity contribution in [2.24, 2.45) is 5.92 Å². The molecule has 0 saturated heterocycles. The first-order valence-electron chi connectivity index (χ1n) is 6.91. The monoisotopic (exact) mass is 285 g/mol. The van der Waals surface area contributed by atoms with Crippen LogP contribution in [0, 0.1) is 12.8 Å². The predicted octanol–water partition coefficient (Wildman–Crippen LogP) is 3.68. The molecular weight excluding hydrogens is 266 g/mol. The van der Waals surface area contributed by atoms with Gasteiger partial charge in [-0.3, -0.25) is 4.98 Å². The summed E-state index contributed by atoms with van der Waals surface area (Å²) < 4.78 is 5.72. The van der Waals surface area contributed by atoms with Crippen LogP contribution in [0.4, 0.5) is 0 Å². The molecule has 110 valence electrons. The van der Waals surface area contributed by atoms with Crippen molar-refractivity contribution in [3.05, 3.63) is 41.6 Å². The van der Waals surface area contributed by atoms with Crippen LogP contribution in [0.5, 0.6) is 5.75 Å². The average Bonchev–Trinajstić information content (AvgIpc) is 2.42. The smallest absolute Gasteiger partial charge is 0.328 e. The Morgan fingerprint density at radius 2 is 2.14 bits per heavy atom. The number of carboxylic acid groups (broad SMARTS) is 1. The summed E-state index contributed by atoms with van der Waals surface area (Å²) in [7, 11) is 0. The number of nitrogens with zero attached hydrogens (tertiary/aromatic N) is 1. The lowest BCUT2D eigenvalue weighted by Crippen LogP contribution is -2.04. The average molecular weight is 285 g/mol. The molecule has 0 radical (unpaired) electrons. The zero-order chi connectivity index (χ0) is 15.4. The Hall–Kier alpha value is -2.36. The lowest BCUT2D eigenvalue weighted by molar-refractivity contribution is -0.131. The molecule has 0 fully saturated rings. The Morgan fingerprint density at radius 3 is 2.81 bits per heavy atom. The predicted molar refractivity (Wildman–Crippen MR) is 83.5 cm³/mol. The molecule has 0 aliphatic heterocycles. The maximum atomic E-state index is 10.7. The van der Waals surface area contributed by atoms with Crippen LogP contribution in [0.15, 0.2) is 30.3 Å². The molecule has 1 aromatic heterocycles. The zero-order valence-electron chi connectivity index (χ0n) is 12.5. The van der Waals surface area contributed by atoms with Crippen molar-refractivity contribution < 1.29 is 14.6 Å². The quantitative estimate of drug-likeness (QED) is 0.851. The van der Waals surface area contributed by atoms with Gasteiger partial charge in [-0.05, 0) is 48.7 Å². The standard InChI is InChI=1S/C17H19NO3/c1-11(2)10-21-14-5-6-16-15(9-14)13(4-7-17(19)20)8-12(3)18-16/h4-9,11H,10H2,1-3H3,(H,19,20)/b7-4+. The topological polar surface area (TPSA) is 59.4 Å². The summed E-state index contributed by atoms with van der Waals surface area (Å²) in [4.78, 5) is 15.2. The van der Waals surface area contributed by atoms with Crippen molar-refractivity contribution in [3.63, 3.8) is 0 Å². The first-order valence-corrected chi connectivity index (χ1v) is 6.91. The fraction of sp³-hybridized carbons (Fsp3) is 0.294. The summed E-state index contributed by atoms with van der Waals surface area (Å²) in [6.45, 7) is 6.71. The van der Waals surface area contributed by atoms with Crippen molar-refractivity contribution in [1.82, 2.24) is 4.98 Å². The molecule has 0 unspecified atom stereocenters. The lowest BCUT2D eigenvalue weighted by Gasteiger charge is -2.10. The summed E-state index contributed by atoms with van der Waals surface area (Å²) in [6, 6.07) is 7.57. The second-order valence-corrected chi connectivity index (χ2v) is 5.41. The van der Waals surface area contributed by atoms with Crippen LogP contribution < -0.4 is 4.74 Å². The Labute approximate surface area is 124 Å². The molecule has 0 amide bonds. The molecule has 0 aliphatic carbocycles. The van der Waals surface area contributed by atoms with Gasteiger partial charge in [-0.2, -0.15) is 0 Å². The third-order valence-corrected chi connectivity index (χ3v) is 2.93. The van der Waals surface area contributed by atoms with Gasteiger partial charge in [0, 0.05) is 17.2 Å². The molecule has 0 saturated carbocycles. The maximum Gasteiger partial charge on any atom is 0.328 e. The van der Waals surface area contributed by atoms with Crippen molar-refractivity contribution in [3.8, 4) is 5.75 Å². The largest absolute Gasteiger partial charge is 0.493 e. The number of carboxylic acids is 1. The van der Waals surface area contributed by atoms with Gasteiger partial charge >= 0.3 is 5.97 Å². The van der Waals surface area contributed by atoms with Crippen LogP contribution in [0.3, 0.4) is 0 Å². The van der Waals surface area contributed by atoms with Gasteiger partial charge in [-0.1, -0.05) is 13.8 Å². The second-order valence-electron chi connectivity index (χ2n) is 5.41. The first-order chi connectivity index (χ1) is 9.95. The van der Waals surface area contributed by atoms with E-state index in [1.165, 1.54) is 0 Å². The molecule has 1 N–H and O–H groups in total. The fourth-order valence-corrected chi connectivity index (χ4v) is 2.02. The molecule has 2 aromatic rings. The highest BCUT2D eigenvalue weighted by atomic mass is 16.5. The molecule has 1 aromatic carbocycles. The number of aryl methyl sites for hydroxylation is 1. The summed E-state index contributed by atoms with van der Waals surface area (Å²) in [6.07, 6.45) is 2.72. The minimum absolute atomic E-state index is 0.447. The Balaban J connectivity index is 2.45. The van der Waals surface area contributed by atoms with E-state index < -0.39 is 5.97 Å². The van der Waals surface area contributed by atoms with E-state index in [4.69, 9.17) is 9.84 Å². The van der Waals surface area contributed by atoms with E-state index in [1.54, 1.807) is 6.08 Å². The molecule has 4 nitrogen and oxygen atoms in total. The fourth-order valence-electron chi connectivity index (χ4n) is 2.02. The Kier molecular flexibility index (Phi) is 4.58. The molecule has 4 heteroatoms. The number of hydrogen-bond acceptors (Lipinski definition) is 3.